The lowest BCUT2D eigenvalue weighted by molar-refractivity contribution is -0.384. The van der Waals surface area contributed by atoms with Crippen molar-refractivity contribution in [2.24, 2.45) is 5.92 Å². The largest absolute Gasteiger partial charge is 0.396 e. The molecule has 0 aromatic carbocycles. The molecule has 1 saturated heterocycles. The summed E-state index contributed by atoms with van der Waals surface area (Å²) in [5, 5.41) is 19.2. The highest BCUT2D eigenvalue weighted by atomic mass is 16.6. The van der Waals surface area contributed by atoms with Gasteiger partial charge >= 0.3 is 0 Å². The lowest BCUT2D eigenvalue weighted by Gasteiger charge is -2.37. The maximum Gasteiger partial charge on any atom is 0.287 e. The lowest BCUT2D eigenvalue weighted by Crippen LogP contribution is -2.51. The summed E-state index contributed by atoms with van der Waals surface area (Å²) in [4.78, 5) is 25.7. The summed E-state index contributed by atoms with van der Waals surface area (Å²) in [5.74, 6) is -0.133. The fourth-order valence-electron chi connectivity index (χ4n) is 1.63. The van der Waals surface area contributed by atoms with Crippen LogP contribution >= 0.6 is 0 Å². The van der Waals surface area contributed by atoms with Crippen molar-refractivity contribution < 1.29 is 14.8 Å². The van der Waals surface area contributed by atoms with E-state index in [1.807, 2.05) is 0 Å². The molecule has 16 heavy (non-hydrogen) atoms. The van der Waals surface area contributed by atoms with Crippen LogP contribution < -0.4 is 0 Å². The number of amides is 1. The summed E-state index contributed by atoms with van der Waals surface area (Å²) >= 11 is 0. The van der Waals surface area contributed by atoms with Crippen molar-refractivity contribution in [3.05, 3.63) is 28.1 Å². The summed E-state index contributed by atoms with van der Waals surface area (Å²) in [6.45, 7) is 1.07. The van der Waals surface area contributed by atoms with Gasteiger partial charge in [-0.3, -0.25) is 14.9 Å². The Bertz CT molecular complexity index is 422. The SMILES string of the molecule is O=C(c1cc([N+](=O)[O-])c[nH]1)N1CC(CO)C1. The molecule has 1 amide bonds. The number of likely N-dealkylation sites (tertiary alicyclic amines) is 1. The van der Waals surface area contributed by atoms with Crippen LogP contribution in [0.5, 0.6) is 0 Å². The van der Waals surface area contributed by atoms with E-state index in [-0.39, 0.29) is 29.8 Å². The van der Waals surface area contributed by atoms with Gasteiger partial charge in [-0.2, -0.15) is 0 Å². The van der Waals surface area contributed by atoms with Crippen LogP contribution in [-0.4, -0.2) is 45.5 Å². The second kappa shape index (κ2) is 3.93. The van der Waals surface area contributed by atoms with E-state index in [0.29, 0.717) is 13.1 Å². The molecular weight excluding hydrogens is 214 g/mol. The van der Waals surface area contributed by atoms with Crippen LogP contribution in [0.1, 0.15) is 10.5 Å². The Labute approximate surface area is 90.8 Å². The summed E-state index contributed by atoms with van der Waals surface area (Å²) in [7, 11) is 0. The molecule has 7 heteroatoms. The number of nitrogens with one attached hydrogen (secondary N) is 1. The van der Waals surface area contributed by atoms with Crippen molar-refractivity contribution in [3.63, 3.8) is 0 Å². The number of H-pyrrole nitrogens is 1. The highest BCUT2D eigenvalue weighted by Crippen LogP contribution is 2.19. The Hall–Kier alpha value is -1.89. The van der Waals surface area contributed by atoms with E-state index < -0.39 is 4.92 Å². The third-order valence-electron chi connectivity index (χ3n) is 2.61. The molecule has 0 saturated carbocycles. The van der Waals surface area contributed by atoms with E-state index in [1.54, 1.807) is 0 Å². The van der Waals surface area contributed by atoms with Crippen molar-refractivity contribution in [2.75, 3.05) is 19.7 Å². The zero-order valence-corrected chi connectivity index (χ0v) is 8.42. The van der Waals surface area contributed by atoms with E-state index >= 15 is 0 Å². The molecule has 86 valence electrons. The number of hydrogen-bond donors (Lipinski definition) is 2. The van der Waals surface area contributed by atoms with Crippen molar-refractivity contribution in [1.29, 1.82) is 0 Å². The van der Waals surface area contributed by atoms with Gasteiger partial charge in [0.2, 0.25) is 0 Å². The maximum atomic E-state index is 11.7. The van der Waals surface area contributed by atoms with Crippen molar-refractivity contribution in [3.8, 4) is 0 Å². The second-order valence-corrected chi connectivity index (χ2v) is 3.79. The zero-order chi connectivity index (χ0) is 11.7. The number of aliphatic hydroxyl groups excluding tert-OH is 1. The molecule has 2 N–H and O–H groups in total. The van der Waals surface area contributed by atoms with Crippen molar-refractivity contribution in [1.82, 2.24) is 9.88 Å². The normalized spacial score (nSPS) is 15.9. The Morgan fingerprint density at radius 3 is 2.88 bits per heavy atom. The van der Waals surface area contributed by atoms with Crippen LogP contribution in [0, 0.1) is 16.0 Å². The first kappa shape index (κ1) is 10.6. The number of aliphatic hydroxyl groups is 1. The maximum absolute atomic E-state index is 11.7. The Balaban J connectivity index is 2.02. The molecule has 0 spiro atoms. The number of carbonyl (C=O) groups is 1. The standard InChI is InChI=1S/C9H11N3O4/c13-5-6-3-11(4-6)9(14)8-1-7(2-10-8)12(15)16/h1-2,6,10,13H,3-5H2. The monoisotopic (exact) mass is 225 g/mol. The molecule has 2 rings (SSSR count). The summed E-state index contributed by atoms with van der Waals surface area (Å²) in [6, 6.07) is 1.22. The fourth-order valence-corrected chi connectivity index (χ4v) is 1.63. The fraction of sp³-hybridized carbons (Fsp3) is 0.444. The van der Waals surface area contributed by atoms with Gasteiger partial charge in [0.05, 0.1) is 11.1 Å². The van der Waals surface area contributed by atoms with E-state index in [2.05, 4.69) is 4.98 Å². The third-order valence-corrected chi connectivity index (χ3v) is 2.61. The Morgan fingerprint density at radius 1 is 1.69 bits per heavy atom. The summed E-state index contributed by atoms with van der Waals surface area (Å²) in [6.07, 6.45) is 1.19. The molecule has 2 heterocycles. The first-order chi connectivity index (χ1) is 7.61. The number of carbonyl (C=O) groups excluding carboxylic acids is 1. The van der Waals surface area contributed by atoms with Crippen LogP contribution in [0.2, 0.25) is 0 Å². The number of nitro groups is 1. The molecule has 0 atom stereocenters. The van der Waals surface area contributed by atoms with Crippen LogP contribution in [0.25, 0.3) is 0 Å². The van der Waals surface area contributed by atoms with Gasteiger partial charge in [-0.05, 0) is 0 Å². The summed E-state index contributed by atoms with van der Waals surface area (Å²) < 4.78 is 0. The van der Waals surface area contributed by atoms with Crippen LogP contribution in [0.3, 0.4) is 0 Å². The quantitative estimate of drug-likeness (QED) is 0.558. The molecule has 0 bridgehead atoms. The van der Waals surface area contributed by atoms with Gasteiger partial charge < -0.3 is 15.0 Å². The Morgan fingerprint density at radius 2 is 2.38 bits per heavy atom. The molecule has 1 aromatic rings. The predicted octanol–water partition coefficient (Wildman–Crippen LogP) is -0.0128. The van der Waals surface area contributed by atoms with Crippen LogP contribution in [0.15, 0.2) is 12.3 Å². The first-order valence-electron chi connectivity index (χ1n) is 4.84. The number of aromatic amines is 1. The molecule has 1 aromatic heterocycles. The minimum atomic E-state index is -0.556. The smallest absolute Gasteiger partial charge is 0.287 e. The van der Waals surface area contributed by atoms with Crippen LogP contribution in [0.4, 0.5) is 5.69 Å². The molecule has 7 nitrogen and oxygen atoms in total. The van der Waals surface area contributed by atoms with Crippen molar-refractivity contribution >= 4 is 11.6 Å². The van der Waals surface area contributed by atoms with Gasteiger partial charge in [-0.1, -0.05) is 0 Å². The predicted molar refractivity (Wildman–Crippen MR) is 53.9 cm³/mol. The molecular formula is C9H11N3O4. The molecule has 0 unspecified atom stereocenters. The van der Waals surface area contributed by atoms with Gasteiger partial charge in [0.1, 0.15) is 5.69 Å². The molecule has 0 radical (unpaired) electrons. The number of aromatic nitrogens is 1. The average Bonchev–Trinajstić information content (AvgIpc) is 2.64. The first-order valence-corrected chi connectivity index (χ1v) is 4.84. The second-order valence-electron chi connectivity index (χ2n) is 3.79. The van der Waals surface area contributed by atoms with E-state index in [0.717, 1.165) is 0 Å². The summed E-state index contributed by atoms with van der Waals surface area (Å²) in [5.41, 5.74) is 0.0886. The van der Waals surface area contributed by atoms with E-state index in [9.17, 15) is 14.9 Å². The molecule has 0 aliphatic carbocycles. The highest BCUT2D eigenvalue weighted by molar-refractivity contribution is 5.93. The van der Waals surface area contributed by atoms with E-state index in [4.69, 9.17) is 5.11 Å². The topological polar surface area (TPSA) is 99.5 Å². The average molecular weight is 225 g/mol. The van der Waals surface area contributed by atoms with Crippen molar-refractivity contribution in [2.45, 2.75) is 0 Å². The molecule has 1 fully saturated rings. The Kier molecular flexibility index (Phi) is 2.61. The molecule has 1 aliphatic rings. The van der Waals surface area contributed by atoms with Gasteiger partial charge in [0, 0.05) is 31.7 Å². The van der Waals surface area contributed by atoms with Gasteiger partial charge in [-0.25, -0.2) is 0 Å². The van der Waals surface area contributed by atoms with Gasteiger partial charge in [-0.15, -0.1) is 0 Å². The van der Waals surface area contributed by atoms with Crippen LogP contribution in [-0.2, 0) is 0 Å². The minimum Gasteiger partial charge on any atom is -0.396 e. The van der Waals surface area contributed by atoms with E-state index in [1.165, 1.54) is 17.2 Å². The molecule has 1 aliphatic heterocycles. The highest BCUT2D eigenvalue weighted by Gasteiger charge is 2.31. The van der Waals surface area contributed by atoms with Gasteiger partial charge in [0.15, 0.2) is 0 Å². The number of rotatable bonds is 3. The zero-order valence-electron chi connectivity index (χ0n) is 8.42. The lowest BCUT2D eigenvalue weighted by atomic mass is 10.0. The van der Waals surface area contributed by atoms with Gasteiger partial charge in [0.25, 0.3) is 11.6 Å². The minimum absolute atomic E-state index is 0.0641. The number of nitrogens with zero attached hydrogens (tertiary/aromatic N) is 2. The number of hydrogen-bond acceptors (Lipinski definition) is 4. The third kappa shape index (κ3) is 1.76.